The number of rotatable bonds is 7. The summed E-state index contributed by atoms with van der Waals surface area (Å²) in [7, 11) is 0. The van der Waals surface area contributed by atoms with Crippen LogP contribution in [0.1, 0.15) is 37.6 Å². The highest BCUT2D eigenvalue weighted by atomic mass is 32.1. The zero-order valence-electron chi connectivity index (χ0n) is 21.3. The van der Waals surface area contributed by atoms with Gasteiger partial charge in [-0.25, -0.2) is 9.97 Å². The first kappa shape index (κ1) is 25.4. The van der Waals surface area contributed by atoms with Crippen molar-refractivity contribution in [2.75, 3.05) is 43.1 Å². The van der Waals surface area contributed by atoms with E-state index in [1.807, 2.05) is 34.3 Å². The maximum atomic E-state index is 12.6. The van der Waals surface area contributed by atoms with Gasteiger partial charge < -0.3 is 29.6 Å². The Morgan fingerprint density at radius 3 is 2.73 bits per heavy atom. The van der Waals surface area contributed by atoms with Crippen LogP contribution >= 0.6 is 11.3 Å². The highest BCUT2D eigenvalue weighted by Crippen LogP contribution is 2.28. The lowest BCUT2D eigenvalue weighted by molar-refractivity contribution is -0.115. The van der Waals surface area contributed by atoms with E-state index >= 15 is 0 Å². The smallest absolute Gasteiger partial charge is 0.253 e. The number of hydrogen-bond donors (Lipinski definition) is 2. The van der Waals surface area contributed by atoms with E-state index in [0.29, 0.717) is 29.6 Å². The van der Waals surface area contributed by atoms with Crippen LogP contribution in [0.15, 0.2) is 42.0 Å². The van der Waals surface area contributed by atoms with Gasteiger partial charge in [0.05, 0.1) is 42.2 Å². The molecule has 3 aromatic heterocycles. The van der Waals surface area contributed by atoms with Gasteiger partial charge >= 0.3 is 0 Å². The molecule has 0 aliphatic carbocycles. The summed E-state index contributed by atoms with van der Waals surface area (Å²) in [4.78, 5) is 36.6. The van der Waals surface area contributed by atoms with Crippen molar-refractivity contribution in [3.63, 3.8) is 0 Å². The van der Waals surface area contributed by atoms with Gasteiger partial charge in [0.2, 0.25) is 5.91 Å². The minimum absolute atomic E-state index is 0.140. The molecule has 0 radical (unpaired) electrons. The van der Waals surface area contributed by atoms with Crippen molar-refractivity contribution in [1.29, 1.82) is 0 Å². The van der Waals surface area contributed by atoms with Crippen LogP contribution in [0.4, 0.5) is 10.9 Å². The Kier molecular flexibility index (Phi) is 7.27. The van der Waals surface area contributed by atoms with Crippen LogP contribution in [-0.4, -0.2) is 71.4 Å². The summed E-state index contributed by atoms with van der Waals surface area (Å²) >= 11 is 1.32. The van der Waals surface area contributed by atoms with Crippen molar-refractivity contribution >= 4 is 34.1 Å². The molecule has 0 spiro atoms. The first-order valence-corrected chi connectivity index (χ1v) is 13.3. The van der Waals surface area contributed by atoms with Gasteiger partial charge in [0.1, 0.15) is 11.5 Å². The highest BCUT2D eigenvalue weighted by Gasteiger charge is 2.31. The lowest BCUT2D eigenvalue weighted by Gasteiger charge is -2.36. The van der Waals surface area contributed by atoms with E-state index in [4.69, 9.17) is 14.5 Å². The maximum Gasteiger partial charge on any atom is 0.253 e. The van der Waals surface area contributed by atoms with Gasteiger partial charge in [-0.1, -0.05) is 6.07 Å². The molecule has 0 bridgehead atoms. The van der Waals surface area contributed by atoms with Gasteiger partial charge in [0.15, 0.2) is 5.13 Å². The van der Waals surface area contributed by atoms with E-state index in [9.17, 15) is 9.59 Å². The van der Waals surface area contributed by atoms with Gasteiger partial charge in [-0.15, -0.1) is 11.3 Å². The van der Waals surface area contributed by atoms with Crippen LogP contribution in [0.5, 0.6) is 0 Å². The van der Waals surface area contributed by atoms with Crippen LogP contribution in [0.25, 0.3) is 11.4 Å². The average molecular weight is 525 g/mol. The molecule has 2 aliphatic heterocycles. The second kappa shape index (κ2) is 10.6. The molecule has 2 N–H and O–H groups in total. The van der Waals surface area contributed by atoms with E-state index in [1.54, 1.807) is 12.3 Å². The molecule has 37 heavy (non-hydrogen) atoms. The lowest BCUT2D eigenvalue weighted by atomic mass is 10.0. The van der Waals surface area contributed by atoms with E-state index in [1.165, 1.54) is 11.3 Å². The molecule has 11 heteroatoms. The van der Waals surface area contributed by atoms with Crippen LogP contribution < -0.4 is 15.5 Å². The number of hydrogen-bond acceptors (Lipinski definition) is 8. The third-order valence-electron chi connectivity index (χ3n) is 6.68. The predicted molar refractivity (Wildman–Crippen MR) is 142 cm³/mol. The van der Waals surface area contributed by atoms with E-state index < -0.39 is 0 Å². The number of nitrogens with one attached hydrogen (secondary N) is 2. The number of amides is 2. The van der Waals surface area contributed by atoms with Crippen molar-refractivity contribution in [1.82, 2.24) is 19.9 Å². The Labute approximate surface area is 220 Å². The van der Waals surface area contributed by atoms with Gasteiger partial charge in [-0.3, -0.25) is 9.59 Å². The third kappa shape index (κ3) is 5.84. The molecule has 196 valence electrons. The molecule has 3 atom stereocenters. The summed E-state index contributed by atoms with van der Waals surface area (Å²) < 4.78 is 13.3. The monoisotopic (exact) mass is 524 g/mol. The number of nitrogens with zero attached hydrogens (tertiary/aromatic N) is 4. The standard InChI is InChI=1S/C26H32N6O4S/c1-17-12-31(13-18(2)36-17)22-6-4-5-20(28-22)21-15-37-25(29-21)30-23(33)11-27-24(34)19-7-9-32(14-19)26(3)8-10-35-16-26/h4-7,9,14-15,17-18H,8,10-13,16H2,1-3H3,(H,27,34)(H,29,30,33)/t17-,18+,26-/m1/s1. The third-order valence-corrected chi connectivity index (χ3v) is 7.43. The van der Waals surface area contributed by atoms with Crippen LogP contribution in [0.3, 0.4) is 0 Å². The van der Waals surface area contributed by atoms with Crippen molar-refractivity contribution < 1.29 is 19.1 Å². The second-order valence-corrected chi connectivity index (χ2v) is 10.8. The molecule has 3 aromatic rings. The molecule has 2 amide bonds. The Morgan fingerprint density at radius 2 is 1.97 bits per heavy atom. The van der Waals surface area contributed by atoms with Gasteiger partial charge in [0.25, 0.3) is 5.91 Å². The predicted octanol–water partition coefficient (Wildman–Crippen LogP) is 3.12. The molecular formula is C26H32N6O4S. The van der Waals surface area contributed by atoms with Crippen molar-refractivity contribution in [2.24, 2.45) is 0 Å². The molecule has 2 fully saturated rings. The molecule has 5 heterocycles. The molecule has 0 aromatic carbocycles. The fraction of sp³-hybridized carbons (Fsp3) is 0.462. The number of ether oxygens (including phenoxy) is 2. The number of morpholine rings is 1. The van der Waals surface area contributed by atoms with Crippen molar-refractivity contribution in [3.05, 3.63) is 47.6 Å². The number of thiazole rings is 1. The second-order valence-electron chi connectivity index (χ2n) is 9.92. The first-order valence-electron chi connectivity index (χ1n) is 12.5. The molecular weight excluding hydrogens is 492 g/mol. The Balaban J connectivity index is 1.16. The number of anilines is 2. The molecule has 2 saturated heterocycles. The Hall–Kier alpha value is -3.28. The normalized spacial score (nSPS) is 23.7. The van der Waals surface area contributed by atoms with E-state index in [2.05, 4.69) is 41.3 Å². The quantitative estimate of drug-likeness (QED) is 0.489. The zero-order chi connectivity index (χ0) is 26.0. The van der Waals surface area contributed by atoms with Crippen molar-refractivity contribution in [2.45, 2.75) is 44.9 Å². The largest absolute Gasteiger partial charge is 0.379 e. The molecule has 0 saturated carbocycles. The molecule has 10 nitrogen and oxygen atoms in total. The van der Waals surface area contributed by atoms with Crippen LogP contribution in [0.2, 0.25) is 0 Å². The minimum Gasteiger partial charge on any atom is -0.379 e. The number of carbonyl (C=O) groups is 2. The number of aromatic nitrogens is 3. The summed E-state index contributed by atoms with van der Waals surface area (Å²) in [6.45, 7) is 8.97. The Morgan fingerprint density at radius 1 is 1.16 bits per heavy atom. The molecule has 2 aliphatic rings. The lowest BCUT2D eigenvalue weighted by Crippen LogP contribution is -2.45. The topological polar surface area (TPSA) is 111 Å². The first-order chi connectivity index (χ1) is 17.8. The van der Waals surface area contributed by atoms with E-state index in [0.717, 1.165) is 31.0 Å². The highest BCUT2D eigenvalue weighted by molar-refractivity contribution is 7.14. The number of pyridine rings is 1. The summed E-state index contributed by atoms with van der Waals surface area (Å²) in [5, 5.41) is 7.76. The summed E-state index contributed by atoms with van der Waals surface area (Å²) in [5.41, 5.74) is 1.78. The van der Waals surface area contributed by atoms with Crippen LogP contribution in [-0.2, 0) is 19.8 Å². The fourth-order valence-electron chi connectivity index (χ4n) is 4.71. The molecule has 0 unspecified atom stereocenters. The van der Waals surface area contributed by atoms with Gasteiger partial charge in [0, 0.05) is 37.5 Å². The fourth-order valence-corrected chi connectivity index (χ4v) is 5.43. The van der Waals surface area contributed by atoms with Crippen molar-refractivity contribution in [3.8, 4) is 11.4 Å². The van der Waals surface area contributed by atoms with Gasteiger partial charge in [-0.05, 0) is 45.4 Å². The summed E-state index contributed by atoms with van der Waals surface area (Å²) in [6.07, 6.45) is 4.85. The average Bonchev–Trinajstić information content (AvgIpc) is 3.64. The van der Waals surface area contributed by atoms with Gasteiger partial charge in [-0.2, -0.15) is 0 Å². The zero-order valence-corrected chi connectivity index (χ0v) is 22.1. The molecule has 5 rings (SSSR count). The van der Waals surface area contributed by atoms with Crippen LogP contribution in [0, 0.1) is 0 Å². The minimum atomic E-state index is -0.345. The summed E-state index contributed by atoms with van der Waals surface area (Å²) in [5.74, 6) is 0.232. The maximum absolute atomic E-state index is 12.6. The van der Waals surface area contributed by atoms with E-state index in [-0.39, 0.29) is 36.1 Å². The number of carbonyl (C=O) groups excluding carboxylic acids is 2. The Bertz CT molecular complexity index is 1260. The SMILES string of the molecule is C[C@@H]1CN(c2cccc(-c3csc(NC(=O)CNC(=O)c4ccn([C@]5(C)CCOC5)c4)n3)n2)C[C@H](C)O1. The summed E-state index contributed by atoms with van der Waals surface area (Å²) in [6, 6.07) is 7.61.